The van der Waals surface area contributed by atoms with Crippen LogP contribution in [0, 0.1) is 0 Å². The lowest BCUT2D eigenvalue weighted by molar-refractivity contribution is -0.238. The van der Waals surface area contributed by atoms with E-state index in [9.17, 15) is 9.90 Å². The van der Waals surface area contributed by atoms with Crippen molar-refractivity contribution in [1.82, 2.24) is 0 Å². The second kappa shape index (κ2) is 5.55. The van der Waals surface area contributed by atoms with Crippen LogP contribution >= 0.6 is 0 Å². The molecule has 6 atom stereocenters. The number of carbonyl (C=O) groups is 1. The van der Waals surface area contributed by atoms with Crippen molar-refractivity contribution in [2.75, 3.05) is 14.2 Å². The predicted octanol–water partition coefficient (Wildman–Crippen LogP) is -1.26. The van der Waals surface area contributed by atoms with E-state index in [0.717, 1.165) is 0 Å². The van der Waals surface area contributed by atoms with Crippen LogP contribution in [0.4, 0.5) is 0 Å². The van der Waals surface area contributed by atoms with Crippen LogP contribution in [0.5, 0.6) is 0 Å². The highest BCUT2D eigenvalue weighted by atomic mass is 16.8. The van der Waals surface area contributed by atoms with E-state index in [1.165, 1.54) is 14.2 Å². The van der Waals surface area contributed by atoms with E-state index in [-0.39, 0.29) is 0 Å². The smallest absolute Gasteiger partial charge is 0.325 e. The topological polar surface area (TPSA) is 109 Å². The molecule has 8 nitrogen and oxygen atoms in total. The Kier molecular flexibility index (Phi) is 4.33. The molecule has 0 spiro atoms. The fourth-order valence-corrected chi connectivity index (χ4v) is 2.54. The van der Waals surface area contributed by atoms with Gasteiger partial charge in [-0.3, -0.25) is 4.79 Å². The number of aliphatic hydroxyl groups is 1. The summed E-state index contributed by atoms with van der Waals surface area (Å²) in [6, 6.07) is -1.23. The summed E-state index contributed by atoms with van der Waals surface area (Å²) in [6.45, 7) is 3.50. The van der Waals surface area contributed by atoms with Gasteiger partial charge in [0.25, 0.3) is 0 Å². The first-order valence-electron chi connectivity index (χ1n) is 6.36. The van der Waals surface area contributed by atoms with Crippen molar-refractivity contribution in [1.29, 1.82) is 0 Å². The van der Waals surface area contributed by atoms with Gasteiger partial charge in [0.2, 0.25) is 0 Å². The first-order valence-corrected chi connectivity index (χ1v) is 6.36. The van der Waals surface area contributed by atoms with Crippen LogP contribution in [0.3, 0.4) is 0 Å². The van der Waals surface area contributed by atoms with Crippen molar-refractivity contribution in [2.24, 2.45) is 5.73 Å². The third-order valence-electron chi connectivity index (χ3n) is 3.46. The Hall–Kier alpha value is -0.770. The zero-order chi connectivity index (χ0) is 15.1. The molecule has 0 radical (unpaired) electrons. The summed E-state index contributed by atoms with van der Waals surface area (Å²) >= 11 is 0. The first-order chi connectivity index (χ1) is 9.30. The number of rotatable bonds is 4. The number of fused-ring (bicyclic) bond motifs is 1. The lowest BCUT2D eigenvalue weighted by Crippen LogP contribution is -2.52. The number of ether oxygens (including phenoxy) is 5. The Bertz CT molecular complexity index is 375. The Morgan fingerprint density at radius 3 is 2.45 bits per heavy atom. The number of hydrogen-bond donors (Lipinski definition) is 2. The summed E-state index contributed by atoms with van der Waals surface area (Å²) in [5.41, 5.74) is 5.65. The molecule has 0 aromatic heterocycles. The van der Waals surface area contributed by atoms with Crippen molar-refractivity contribution in [3.8, 4) is 0 Å². The van der Waals surface area contributed by atoms with Crippen LogP contribution in [0.1, 0.15) is 13.8 Å². The van der Waals surface area contributed by atoms with Gasteiger partial charge in [-0.1, -0.05) is 0 Å². The van der Waals surface area contributed by atoms with E-state index in [1.54, 1.807) is 13.8 Å². The van der Waals surface area contributed by atoms with Gasteiger partial charge in [-0.05, 0) is 13.8 Å². The van der Waals surface area contributed by atoms with Crippen LogP contribution in [0.25, 0.3) is 0 Å². The average Bonchev–Trinajstić information content (AvgIpc) is 2.88. The average molecular weight is 291 g/mol. The van der Waals surface area contributed by atoms with Crippen molar-refractivity contribution in [3.05, 3.63) is 0 Å². The second-order valence-electron chi connectivity index (χ2n) is 5.31. The van der Waals surface area contributed by atoms with Crippen LogP contribution < -0.4 is 5.73 Å². The van der Waals surface area contributed by atoms with Crippen LogP contribution in [-0.2, 0) is 28.5 Å². The Morgan fingerprint density at radius 2 is 1.90 bits per heavy atom. The van der Waals surface area contributed by atoms with Crippen LogP contribution in [0.2, 0.25) is 0 Å². The highest BCUT2D eigenvalue weighted by Crippen LogP contribution is 2.40. The van der Waals surface area contributed by atoms with Gasteiger partial charge in [-0.2, -0.15) is 0 Å². The van der Waals surface area contributed by atoms with Gasteiger partial charge in [-0.25, -0.2) is 0 Å². The number of carbonyl (C=O) groups excluding carboxylic acids is 1. The maximum absolute atomic E-state index is 11.4. The minimum Gasteiger partial charge on any atom is -0.468 e. The number of nitrogens with two attached hydrogens (primary N) is 1. The molecule has 2 fully saturated rings. The number of methoxy groups -OCH3 is 2. The molecule has 116 valence electrons. The lowest BCUT2D eigenvalue weighted by atomic mass is 10.0. The molecule has 2 rings (SSSR count). The fraction of sp³-hybridized carbons (Fsp3) is 0.917. The molecule has 20 heavy (non-hydrogen) atoms. The van der Waals surface area contributed by atoms with E-state index >= 15 is 0 Å². The Balaban J connectivity index is 2.14. The van der Waals surface area contributed by atoms with Crippen molar-refractivity contribution in [3.63, 3.8) is 0 Å². The van der Waals surface area contributed by atoms with Gasteiger partial charge in [0.05, 0.1) is 7.11 Å². The van der Waals surface area contributed by atoms with Gasteiger partial charge < -0.3 is 34.5 Å². The molecule has 2 unspecified atom stereocenters. The molecule has 0 bridgehead atoms. The molecule has 0 aromatic carbocycles. The van der Waals surface area contributed by atoms with Gasteiger partial charge in [-0.15, -0.1) is 0 Å². The molecular weight excluding hydrogens is 270 g/mol. The standard InChI is InChI=1S/C12H21NO7/c1-12(2)19-8-7(6(14)5(13)10(15)16-3)18-11(17-4)9(8)20-12/h5-9,11,14H,13H2,1-4H3/t5?,6?,7-,8-,9-,11-/m1/s1. The summed E-state index contributed by atoms with van der Waals surface area (Å²) in [4.78, 5) is 11.4. The second-order valence-corrected chi connectivity index (χ2v) is 5.31. The minimum absolute atomic E-state index is 0.487. The predicted molar refractivity (Wildman–Crippen MR) is 65.5 cm³/mol. The number of aliphatic hydroxyl groups excluding tert-OH is 1. The summed E-state index contributed by atoms with van der Waals surface area (Å²) in [5.74, 6) is -1.54. The maximum atomic E-state index is 11.4. The third-order valence-corrected chi connectivity index (χ3v) is 3.46. The fourth-order valence-electron chi connectivity index (χ4n) is 2.54. The molecule has 3 N–H and O–H groups in total. The molecule has 2 heterocycles. The molecule has 2 saturated heterocycles. The Morgan fingerprint density at radius 1 is 1.30 bits per heavy atom. The van der Waals surface area contributed by atoms with Crippen molar-refractivity contribution in [2.45, 2.75) is 56.4 Å². The van der Waals surface area contributed by atoms with E-state index < -0.39 is 48.5 Å². The van der Waals surface area contributed by atoms with Crippen LogP contribution in [0.15, 0.2) is 0 Å². The summed E-state index contributed by atoms with van der Waals surface area (Å²) in [6.07, 6.45) is -3.86. The zero-order valence-electron chi connectivity index (χ0n) is 11.9. The first kappa shape index (κ1) is 15.6. The van der Waals surface area contributed by atoms with E-state index in [0.29, 0.717) is 0 Å². The van der Waals surface area contributed by atoms with E-state index in [1.807, 2.05) is 0 Å². The molecule has 0 aliphatic carbocycles. The monoisotopic (exact) mass is 291 g/mol. The summed E-state index contributed by atoms with van der Waals surface area (Å²) in [7, 11) is 2.66. The van der Waals surface area contributed by atoms with E-state index in [2.05, 4.69) is 4.74 Å². The molecule has 2 aliphatic rings. The lowest BCUT2D eigenvalue weighted by Gasteiger charge is -2.27. The van der Waals surface area contributed by atoms with Crippen molar-refractivity contribution >= 4 is 5.97 Å². The Labute approximate surface area is 117 Å². The van der Waals surface area contributed by atoms with Crippen molar-refractivity contribution < 1.29 is 33.6 Å². The maximum Gasteiger partial charge on any atom is 0.325 e. The van der Waals surface area contributed by atoms with E-state index in [4.69, 9.17) is 24.7 Å². The SMILES string of the molecule is COC(=O)C(N)C(O)[C@H]1O[C@@H](OC)[C@@H]2OC(C)(C)O[C@@H]21. The summed E-state index contributed by atoms with van der Waals surface area (Å²) < 4.78 is 26.6. The minimum atomic E-state index is -1.28. The van der Waals surface area contributed by atoms with Gasteiger partial charge >= 0.3 is 5.97 Å². The van der Waals surface area contributed by atoms with Gasteiger partial charge in [0.1, 0.15) is 30.5 Å². The van der Waals surface area contributed by atoms with Gasteiger partial charge in [0, 0.05) is 7.11 Å². The normalized spacial score (nSPS) is 38.3. The van der Waals surface area contributed by atoms with Gasteiger partial charge in [0.15, 0.2) is 12.1 Å². The summed E-state index contributed by atoms with van der Waals surface area (Å²) in [5, 5.41) is 10.2. The number of hydrogen-bond acceptors (Lipinski definition) is 8. The molecular formula is C12H21NO7. The highest BCUT2D eigenvalue weighted by Gasteiger charge is 2.58. The molecule has 0 aromatic rings. The molecule has 8 heteroatoms. The van der Waals surface area contributed by atoms with Crippen LogP contribution in [-0.4, -0.2) is 67.8 Å². The quantitative estimate of drug-likeness (QED) is 0.618. The number of esters is 1. The zero-order valence-corrected chi connectivity index (χ0v) is 11.9. The molecule has 0 amide bonds. The highest BCUT2D eigenvalue weighted by molar-refractivity contribution is 5.76. The molecule has 0 saturated carbocycles. The largest absolute Gasteiger partial charge is 0.468 e. The molecule has 2 aliphatic heterocycles. The third kappa shape index (κ3) is 2.67.